The Balaban J connectivity index is 1.91. The number of aryl methyl sites for hydroxylation is 1. The van der Waals surface area contributed by atoms with Gasteiger partial charge in [-0.25, -0.2) is 8.42 Å². The van der Waals surface area contributed by atoms with Gasteiger partial charge in [0, 0.05) is 13.1 Å². The van der Waals surface area contributed by atoms with Crippen LogP contribution in [0.5, 0.6) is 5.75 Å². The summed E-state index contributed by atoms with van der Waals surface area (Å²) in [6.07, 6.45) is 0.254. The molecule has 0 aliphatic carbocycles. The first-order valence-corrected chi connectivity index (χ1v) is 11.0. The molecule has 1 N–H and O–H groups in total. The fraction of sp³-hybridized carbons (Fsp3) is 0.381. The van der Waals surface area contributed by atoms with Crippen LogP contribution in [0.25, 0.3) is 0 Å². The number of benzene rings is 2. The zero-order chi connectivity index (χ0) is 20.9. The van der Waals surface area contributed by atoms with Crippen LogP contribution in [0.15, 0.2) is 53.4 Å². The van der Waals surface area contributed by atoms with Crippen molar-refractivity contribution in [2.24, 2.45) is 0 Å². The maximum absolute atomic E-state index is 13.2. The van der Waals surface area contributed by atoms with Crippen LogP contribution in [0.4, 0.5) is 0 Å². The summed E-state index contributed by atoms with van der Waals surface area (Å²) in [5, 5.41) is 0. The normalized spacial score (nSPS) is 15.7. The zero-order valence-corrected chi connectivity index (χ0v) is 17.4. The van der Waals surface area contributed by atoms with Crippen LogP contribution in [0, 0.1) is 6.92 Å². The van der Waals surface area contributed by atoms with Gasteiger partial charge in [0.2, 0.25) is 15.9 Å². The first kappa shape index (κ1) is 21.3. The summed E-state index contributed by atoms with van der Waals surface area (Å²) in [5.74, 6) is -0.0206. The lowest BCUT2D eigenvalue weighted by Crippen LogP contribution is -2.52. The van der Waals surface area contributed by atoms with Gasteiger partial charge in [-0.3, -0.25) is 4.79 Å². The van der Waals surface area contributed by atoms with Gasteiger partial charge in [-0.15, -0.1) is 0 Å². The van der Waals surface area contributed by atoms with Gasteiger partial charge in [-0.2, -0.15) is 4.72 Å². The molecular formula is C21H26N2O5S. The van der Waals surface area contributed by atoms with Gasteiger partial charge < -0.3 is 14.4 Å². The average Bonchev–Trinajstić information content (AvgIpc) is 2.74. The van der Waals surface area contributed by atoms with E-state index in [1.54, 1.807) is 30.0 Å². The fourth-order valence-corrected chi connectivity index (χ4v) is 4.72. The lowest BCUT2D eigenvalue weighted by atomic mass is 10.1. The van der Waals surface area contributed by atoms with E-state index in [9.17, 15) is 13.2 Å². The first-order chi connectivity index (χ1) is 13.9. The van der Waals surface area contributed by atoms with Crippen molar-refractivity contribution in [3.8, 4) is 5.75 Å². The average molecular weight is 419 g/mol. The number of rotatable bonds is 7. The van der Waals surface area contributed by atoms with Gasteiger partial charge in [0.25, 0.3) is 0 Å². The maximum Gasteiger partial charge on any atom is 0.244 e. The molecule has 1 fully saturated rings. The van der Waals surface area contributed by atoms with Crippen molar-refractivity contribution in [1.82, 2.24) is 9.62 Å². The molecule has 2 aromatic rings. The second kappa shape index (κ2) is 9.39. The molecule has 1 saturated heterocycles. The van der Waals surface area contributed by atoms with Crippen molar-refractivity contribution in [3.63, 3.8) is 0 Å². The second-order valence-corrected chi connectivity index (χ2v) is 8.64. The Labute approximate surface area is 171 Å². The number of sulfonamides is 1. The Morgan fingerprint density at radius 3 is 2.52 bits per heavy atom. The van der Waals surface area contributed by atoms with E-state index in [1.807, 2.05) is 30.3 Å². The van der Waals surface area contributed by atoms with Crippen LogP contribution in [-0.2, 0) is 26.0 Å². The highest BCUT2D eigenvalue weighted by Crippen LogP contribution is 2.25. The Bertz CT molecular complexity index is 941. The Morgan fingerprint density at radius 2 is 1.86 bits per heavy atom. The SMILES string of the molecule is COc1ccc(C)cc1S(=O)(=O)N[C@@H](Cc1ccccc1)C(=O)N1CCOCC1. The van der Waals surface area contributed by atoms with Gasteiger partial charge in [0.05, 0.1) is 20.3 Å². The Kier molecular flexibility index (Phi) is 6.89. The zero-order valence-electron chi connectivity index (χ0n) is 16.6. The van der Waals surface area contributed by atoms with Crippen molar-refractivity contribution in [2.45, 2.75) is 24.3 Å². The highest BCUT2D eigenvalue weighted by molar-refractivity contribution is 7.89. The largest absolute Gasteiger partial charge is 0.495 e. The minimum absolute atomic E-state index is 0.0211. The van der Waals surface area contributed by atoms with E-state index in [0.717, 1.165) is 11.1 Å². The number of carbonyl (C=O) groups excluding carboxylic acids is 1. The molecule has 8 heteroatoms. The number of hydrogen-bond donors (Lipinski definition) is 1. The minimum Gasteiger partial charge on any atom is -0.495 e. The number of ether oxygens (including phenoxy) is 2. The van der Waals surface area contributed by atoms with Gasteiger partial charge in [-0.05, 0) is 36.6 Å². The molecule has 0 saturated carbocycles. The molecule has 0 spiro atoms. The molecule has 1 aliphatic heterocycles. The number of methoxy groups -OCH3 is 1. The van der Waals surface area contributed by atoms with Crippen LogP contribution < -0.4 is 9.46 Å². The third-order valence-corrected chi connectivity index (χ3v) is 6.30. The van der Waals surface area contributed by atoms with Crippen LogP contribution in [0.3, 0.4) is 0 Å². The van der Waals surface area contributed by atoms with Gasteiger partial charge in [-0.1, -0.05) is 36.4 Å². The molecule has 1 heterocycles. The summed E-state index contributed by atoms with van der Waals surface area (Å²) in [4.78, 5) is 14.8. The van der Waals surface area contributed by atoms with E-state index < -0.39 is 16.1 Å². The minimum atomic E-state index is -3.98. The summed E-state index contributed by atoms with van der Waals surface area (Å²) in [6, 6.07) is 13.4. The molecule has 156 valence electrons. The highest BCUT2D eigenvalue weighted by atomic mass is 32.2. The standard InChI is InChI=1S/C21H26N2O5S/c1-16-8-9-19(27-2)20(14-16)29(25,26)22-18(15-17-6-4-3-5-7-17)21(24)23-10-12-28-13-11-23/h3-9,14,18,22H,10-13,15H2,1-2H3/t18-/m0/s1. The third kappa shape index (κ3) is 5.35. The van der Waals surface area contributed by atoms with Gasteiger partial charge in [0.15, 0.2) is 0 Å². The van der Waals surface area contributed by atoms with Crippen LogP contribution >= 0.6 is 0 Å². The smallest absolute Gasteiger partial charge is 0.244 e. The van der Waals surface area contributed by atoms with Crippen LogP contribution in [0.2, 0.25) is 0 Å². The molecule has 0 radical (unpaired) electrons. The predicted molar refractivity (Wildman–Crippen MR) is 109 cm³/mol. The van der Waals surface area contributed by atoms with E-state index in [0.29, 0.717) is 26.3 Å². The summed E-state index contributed by atoms with van der Waals surface area (Å²) in [7, 11) is -2.56. The molecule has 0 aromatic heterocycles. The summed E-state index contributed by atoms with van der Waals surface area (Å²) in [5.41, 5.74) is 1.66. The lowest BCUT2D eigenvalue weighted by Gasteiger charge is -2.31. The number of amides is 1. The molecule has 1 amide bonds. The number of nitrogens with one attached hydrogen (secondary N) is 1. The summed E-state index contributed by atoms with van der Waals surface area (Å²) >= 11 is 0. The molecule has 0 bridgehead atoms. The molecule has 0 unspecified atom stereocenters. The first-order valence-electron chi connectivity index (χ1n) is 9.48. The number of nitrogens with zero attached hydrogens (tertiary/aromatic N) is 1. The molecule has 3 rings (SSSR count). The van der Waals surface area contributed by atoms with Gasteiger partial charge in [0.1, 0.15) is 16.7 Å². The van der Waals surface area contributed by atoms with E-state index in [1.165, 1.54) is 7.11 Å². The summed E-state index contributed by atoms with van der Waals surface area (Å²) < 4.78 is 39.5. The fourth-order valence-electron chi connectivity index (χ4n) is 3.28. The van der Waals surface area contributed by atoms with E-state index >= 15 is 0 Å². The van der Waals surface area contributed by atoms with Crippen molar-refractivity contribution < 1.29 is 22.7 Å². The predicted octanol–water partition coefficient (Wildman–Crippen LogP) is 1.75. The molecule has 1 aliphatic rings. The van der Waals surface area contributed by atoms with Crippen molar-refractivity contribution in [3.05, 3.63) is 59.7 Å². The second-order valence-electron chi connectivity index (χ2n) is 6.96. The number of morpholine rings is 1. The highest BCUT2D eigenvalue weighted by Gasteiger charge is 2.31. The van der Waals surface area contributed by atoms with Crippen molar-refractivity contribution in [2.75, 3.05) is 33.4 Å². The van der Waals surface area contributed by atoms with E-state index in [4.69, 9.17) is 9.47 Å². The maximum atomic E-state index is 13.2. The van der Waals surface area contributed by atoms with Crippen molar-refractivity contribution >= 4 is 15.9 Å². The van der Waals surface area contributed by atoms with E-state index in [-0.39, 0.29) is 23.0 Å². The Hall–Kier alpha value is -2.42. The number of carbonyl (C=O) groups is 1. The molecule has 7 nitrogen and oxygen atoms in total. The monoisotopic (exact) mass is 418 g/mol. The number of hydrogen-bond acceptors (Lipinski definition) is 5. The quantitative estimate of drug-likeness (QED) is 0.741. The molecular weight excluding hydrogens is 392 g/mol. The Morgan fingerprint density at radius 1 is 1.17 bits per heavy atom. The third-order valence-electron chi connectivity index (χ3n) is 4.81. The lowest BCUT2D eigenvalue weighted by molar-refractivity contribution is -0.137. The van der Waals surface area contributed by atoms with Crippen LogP contribution in [0.1, 0.15) is 11.1 Å². The van der Waals surface area contributed by atoms with Crippen molar-refractivity contribution in [1.29, 1.82) is 0 Å². The van der Waals surface area contributed by atoms with Crippen LogP contribution in [-0.4, -0.2) is 58.7 Å². The van der Waals surface area contributed by atoms with Gasteiger partial charge >= 0.3 is 0 Å². The molecule has 2 aromatic carbocycles. The topological polar surface area (TPSA) is 84.9 Å². The molecule has 1 atom stereocenters. The summed E-state index contributed by atoms with van der Waals surface area (Å²) in [6.45, 7) is 3.59. The van der Waals surface area contributed by atoms with E-state index in [2.05, 4.69) is 4.72 Å². The molecule has 29 heavy (non-hydrogen) atoms.